The van der Waals surface area contributed by atoms with Crippen molar-refractivity contribution in [2.45, 2.75) is 0 Å². The Morgan fingerprint density at radius 3 is 2.52 bits per heavy atom. The summed E-state index contributed by atoms with van der Waals surface area (Å²) in [6.07, 6.45) is 1.69. The quantitative estimate of drug-likeness (QED) is 0.475. The Morgan fingerprint density at radius 2 is 1.57 bits per heavy atom. The molecular formula is C18H11N5. The molecule has 0 bridgehead atoms. The van der Waals surface area contributed by atoms with Crippen LogP contribution in [0.5, 0.6) is 0 Å². The normalized spacial score (nSPS) is 11.5. The van der Waals surface area contributed by atoms with E-state index in [1.807, 2.05) is 60.7 Å². The minimum atomic E-state index is 0.605. The number of aromatic nitrogens is 5. The lowest BCUT2D eigenvalue weighted by Crippen LogP contribution is -1.91. The van der Waals surface area contributed by atoms with Gasteiger partial charge in [0, 0.05) is 10.8 Å². The fourth-order valence-corrected chi connectivity index (χ4v) is 2.78. The Morgan fingerprint density at radius 1 is 0.739 bits per heavy atom. The average Bonchev–Trinajstić information content (AvgIpc) is 3.06. The Balaban J connectivity index is 1.76. The van der Waals surface area contributed by atoms with E-state index in [1.165, 1.54) is 0 Å². The fourth-order valence-electron chi connectivity index (χ4n) is 2.78. The molecule has 0 saturated heterocycles. The fraction of sp³-hybridized carbons (Fsp3) is 0. The van der Waals surface area contributed by atoms with Crippen LogP contribution in [0.2, 0.25) is 0 Å². The van der Waals surface area contributed by atoms with E-state index in [0.717, 1.165) is 33.1 Å². The molecule has 0 radical (unpaired) electrons. The molecule has 0 N–H and O–H groups in total. The van der Waals surface area contributed by atoms with Crippen LogP contribution in [-0.2, 0) is 0 Å². The van der Waals surface area contributed by atoms with E-state index in [4.69, 9.17) is 0 Å². The van der Waals surface area contributed by atoms with E-state index in [0.29, 0.717) is 5.82 Å². The topological polar surface area (TPSA) is 56.0 Å². The Kier molecular flexibility index (Phi) is 2.43. The van der Waals surface area contributed by atoms with Gasteiger partial charge in [-0.3, -0.25) is 0 Å². The van der Waals surface area contributed by atoms with Gasteiger partial charge in [-0.15, -0.1) is 5.10 Å². The lowest BCUT2D eigenvalue weighted by molar-refractivity contribution is 0.936. The molecule has 0 spiro atoms. The average molecular weight is 297 g/mol. The van der Waals surface area contributed by atoms with Crippen molar-refractivity contribution in [2.75, 3.05) is 0 Å². The number of rotatable bonds is 1. The summed E-state index contributed by atoms with van der Waals surface area (Å²) in [6, 6.07) is 19.9. The van der Waals surface area contributed by atoms with Crippen molar-refractivity contribution in [2.24, 2.45) is 0 Å². The summed E-state index contributed by atoms with van der Waals surface area (Å²) in [6.45, 7) is 0. The summed E-state index contributed by atoms with van der Waals surface area (Å²) in [5.74, 6) is 0.605. The SMILES string of the molecule is c1ccc2nc(-c3nc4c5ccccc5ncn4n3)ccc2c1. The van der Waals surface area contributed by atoms with Crippen molar-refractivity contribution in [3.8, 4) is 11.5 Å². The van der Waals surface area contributed by atoms with Crippen LogP contribution < -0.4 is 0 Å². The van der Waals surface area contributed by atoms with E-state index in [-0.39, 0.29) is 0 Å². The lowest BCUT2D eigenvalue weighted by Gasteiger charge is -1.98. The van der Waals surface area contributed by atoms with Crippen molar-refractivity contribution in [1.82, 2.24) is 24.6 Å². The highest BCUT2D eigenvalue weighted by Crippen LogP contribution is 2.21. The number of hydrogen-bond donors (Lipinski definition) is 0. The van der Waals surface area contributed by atoms with Crippen LogP contribution in [0, 0.1) is 0 Å². The highest BCUT2D eigenvalue weighted by molar-refractivity contribution is 5.91. The lowest BCUT2D eigenvalue weighted by atomic mass is 10.2. The molecule has 23 heavy (non-hydrogen) atoms. The van der Waals surface area contributed by atoms with E-state index in [2.05, 4.69) is 20.1 Å². The van der Waals surface area contributed by atoms with Crippen LogP contribution in [0.4, 0.5) is 0 Å². The molecule has 0 fully saturated rings. The number of fused-ring (bicyclic) bond motifs is 4. The second-order valence-electron chi connectivity index (χ2n) is 5.35. The Bertz CT molecular complexity index is 1180. The first-order chi connectivity index (χ1) is 11.4. The first-order valence-electron chi connectivity index (χ1n) is 7.35. The number of nitrogens with zero attached hydrogens (tertiary/aromatic N) is 5. The predicted molar refractivity (Wildman–Crippen MR) is 89.0 cm³/mol. The van der Waals surface area contributed by atoms with Gasteiger partial charge in [-0.25, -0.2) is 19.5 Å². The molecule has 5 aromatic rings. The Labute approximate surface area is 131 Å². The van der Waals surface area contributed by atoms with Gasteiger partial charge in [-0.05, 0) is 24.3 Å². The summed E-state index contributed by atoms with van der Waals surface area (Å²) in [4.78, 5) is 13.7. The maximum Gasteiger partial charge on any atom is 0.200 e. The molecule has 5 rings (SSSR count). The molecule has 5 nitrogen and oxygen atoms in total. The van der Waals surface area contributed by atoms with Crippen molar-refractivity contribution in [1.29, 1.82) is 0 Å². The van der Waals surface area contributed by atoms with Gasteiger partial charge in [-0.1, -0.05) is 36.4 Å². The first-order valence-corrected chi connectivity index (χ1v) is 7.35. The second kappa shape index (κ2) is 4.58. The summed E-state index contributed by atoms with van der Waals surface area (Å²) in [7, 11) is 0. The third-order valence-corrected chi connectivity index (χ3v) is 3.91. The number of benzene rings is 2. The van der Waals surface area contributed by atoms with E-state index in [1.54, 1.807) is 10.8 Å². The van der Waals surface area contributed by atoms with Gasteiger partial charge in [0.2, 0.25) is 5.82 Å². The van der Waals surface area contributed by atoms with Crippen LogP contribution in [0.1, 0.15) is 0 Å². The molecule has 5 heteroatoms. The van der Waals surface area contributed by atoms with Crippen molar-refractivity contribution in [3.63, 3.8) is 0 Å². The second-order valence-corrected chi connectivity index (χ2v) is 5.35. The summed E-state index contributed by atoms with van der Waals surface area (Å²) < 4.78 is 1.70. The van der Waals surface area contributed by atoms with Crippen LogP contribution in [0.3, 0.4) is 0 Å². The molecule has 0 saturated carbocycles. The molecular weight excluding hydrogens is 286 g/mol. The van der Waals surface area contributed by atoms with Crippen LogP contribution in [-0.4, -0.2) is 24.6 Å². The van der Waals surface area contributed by atoms with E-state index < -0.39 is 0 Å². The van der Waals surface area contributed by atoms with Gasteiger partial charge in [-0.2, -0.15) is 0 Å². The highest BCUT2D eigenvalue weighted by Gasteiger charge is 2.11. The summed E-state index contributed by atoms with van der Waals surface area (Å²) in [5.41, 5.74) is 3.40. The summed E-state index contributed by atoms with van der Waals surface area (Å²) >= 11 is 0. The van der Waals surface area contributed by atoms with Gasteiger partial charge in [0.1, 0.15) is 12.0 Å². The highest BCUT2D eigenvalue weighted by atomic mass is 15.3. The number of pyridine rings is 1. The maximum atomic E-state index is 4.67. The zero-order chi connectivity index (χ0) is 15.2. The first kappa shape index (κ1) is 12.2. The molecule has 0 amide bonds. The Hall–Kier alpha value is -3.34. The van der Waals surface area contributed by atoms with Crippen molar-refractivity contribution < 1.29 is 0 Å². The number of para-hydroxylation sites is 2. The standard InChI is InChI=1S/C18H11N5/c1-3-7-14-12(5-1)9-10-16(20-14)17-21-18-13-6-2-4-8-15(13)19-11-23(18)22-17/h1-11H. The molecule has 0 aliphatic heterocycles. The number of hydrogen-bond acceptors (Lipinski definition) is 4. The molecule has 3 heterocycles. The molecule has 0 atom stereocenters. The zero-order valence-corrected chi connectivity index (χ0v) is 12.1. The van der Waals surface area contributed by atoms with Gasteiger partial charge in [0.05, 0.1) is 11.0 Å². The van der Waals surface area contributed by atoms with Crippen molar-refractivity contribution >= 4 is 27.5 Å². The van der Waals surface area contributed by atoms with Gasteiger partial charge in [0.25, 0.3) is 0 Å². The third-order valence-electron chi connectivity index (χ3n) is 3.91. The largest absolute Gasteiger partial charge is 0.244 e. The minimum absolute atomic E-state index is 0.605. The van der Waals surface area contributed by atoms with Crippen molar-refractivity contribution in [3.05, 3.63) is 67.0 Å². The monoisotopic (exact) mass is 297 g/mol. The summed E-state index contributed by atoms with van der Waals surface area (Å²) in [5, 5.41) is 6.61. The van der Waals surface area contributed by atoms with E-state index in [9.17, 15) is 0 Å². The zero-order valence-electron chi connectivity index (χ0n) is 12.1. The molecule has 0 aliphatic rings. The third kappa shape index (κ3) is 1.87. The molecule has 0 unspecified atom stereocenters. The van der Waals surface area contributed by atoms with Gasteiger partial charge >= 0.3 is 0 Å². The van der Waals surface area contributed by atoms with E-state index >= 15 is 0 Å². The van der Waals surface area contributed by atoms with Gasteiger partial charge in [0.15, 0.2) is 5.65 Å². The van der Waals surface area contributed by atoms with Crippen LogP contribution >= 0.6 is 0 Å². The maximum absolute atomic E-state index is 4.67. The van der Waals surface area contributed by atoms with Crippen LogP contribution in [0.15, 0.2) is 67.0 Å². The molecule has 0 aliphatic carbocycles. The van der Waals surface area contributed by atoms with Crippen LogP contribution in [0.25, 0.3) is 39.0 Å². The van der Waals surface area contributed by atoms with Gasteiger partial charge < -0.3 is 0 Å². The smallest absolute Gasteiger partial charge is 0.200 e. The predicted octanol–water partition coefficient (Wildman–Crippen LogP) is 3.49. The molecule has 108 valence electrons. The molecule has 3 aromatic heterocycles. The molecule has 2 aromatic carbocycles. The minimum Gasteiger partial charge on any atom is -0.244 e.